The average Bonchev–Trinajstić information content (AvgIpc) is 3.48. The summed E-state index contributed by atoms with van der Waals surface area (Å²) in [5, 5.41) is 0. The van der Waals surface area contributed by atoms with Gasteiger partial charge in [-0.05, 0) is 56.0 Å². The first-order valence-corrected chi connectivity index (χ1v) is 12.5. The van der Waals surface area contributed by atoms with E-state index in [1.165, 1.54) is 36.9 Å². The summed E-state index contributed by atoms with van der Waals surface area (Å²) in [5.41, 5.74) is 3.69. The molecule has 7 heteroatoms. The molecule has 0 spiro atoms. The molecule has 0 bridgehead atoms. The van der Waals surface area contributed by atoms with Crippen LogP contribution in [0.2, 0.25) is 0 Å². The van der Waals surface area contributed by atoms with Gasteiger partial charge in [0, 0.05) is 63.1 Å². The van der Waals surface area contributed by atoms with Crippen LogP contribution in [0.3, 0.4) is 0 Å². The van der Waals surface area contributed by atoms with Crippen LogP contribution < -0.4 is 10.5 Å². The quantitative estimate of drug-likeness (QED) is 0.493. The Morgan fingerprint density at radius 2 is 1.68 bits per heavy atom. The molecule has 5 rings (SSSR count). The second-order valence-corrected chi connectivity index (χ2v) is 9.53. The molecule has 1 saturated heterocycles. The SMILES string of the molecule is Cc1ccnc(N2CCN(CCCn3c(=O)cc(C4CCCC4)n3-c3ccccc3)CC2)c1.Cl. The van der Waals surface area contributed by atoms with Gasteiger partial charge in [-0.25, -0.2) is 9.67 Å². The number of halogens is 1. The second-order valence-electron chi connectivity index (χ2n) is 9.53. The van der Waals surface area contributed by atoms with E-state index in [0.717, 1.165) is 57.2 Å². The van der Waals surface area contributed by atoms with Gasteiger partial charge < -0.3 is 4.90 Å². The molecule has 3 aromatic rings. The maximum absolute atomic E-state index is 13.0. The first-order chi connectivity index (χ1) is 16.2. The van der Waals surface area contributed by atoms with Crippen molar-refractivity contribution in [2.24, 2.45) is 0 Å². The minimum atomic E-state index is 0. The molecule has 1 aliphatic carbocycles. The number of pyridine rings is 1. The van der Waals surface area contributed by atoms with Crippen LogP contribution in [0.15, 0.2) is 59.5 Å². The summed E-state index contributed by atoms with van der Waals surface area (Å²) in [7, 11) is 0. The van der Waals surface area contributed by atoms with Crippen LogP contribution in [0, 0.1) is 6.92 Å². The maximum atomic E-state index is 13.0. The van der Waals surface area contributed by atoms with Crippen molar-refractivity contribution in [2.75, 3.05) is 37.6 Å². The van der Waals surface area contributed by atoms with Crippen LogP contribution in [0.4, 0.5) is 5.82 Å². The number of hydrogen-bond donors (Lipinski definition) is 0. The van der Waals surface area contributed by atoms with Gasteiger partial charge in [0.15, 0.2) is 0 Å². The van der Waals surface area contributed by atoms with E-state index in [-0.39, 0.29) is 18.0 Å². The van der Waals surface area contributed by atoms with E-state index in [9.17, 15) is 4.79 Å². The standard InChI is InChI=1S/C27H35N5O.ClH/c1-22-12-13-28-26(20-22)30-18-16-29(17-19-30)14-7-15-31-27(33)21-25(23-8-5-6-9-23)32(31)24-10-3-2-4-11-24;/h2-4,10-13,20-21,23H,5-9,14-19H2,1H3;1H. The highest BCUT2D eigenvalue weighted by Crippen LogP contribution is 2.34. The molecule has 1 saturated carbocycles. The molecule has 3 heterocycles. The van der Waals surface area contributed by atoms with Crippen LogP contribution in [0.25, 0.3) is 5.69 Å². The lowest BCUT2D eigenvalue weighted by Crippen LogP contribution is -2.47. The van der Waals surface area contributed by atoms with Gasteiger partial charge in [0.25, 0.3) is 5.56 Å². The van der Waals surface area contributed by atoms with Gasteiger partial charge in [-0.1, -0.05) is 31.0 Å². The van der Waals surface area contributed by atoms with Crippen molar-refractivity contribution in [1.82, 2.24) is 19.2 Å². The lowest BCUT2D eigenvalue weighted by atomic mass is 10.0. The number of nitrogens with zero attached hydrogens (tertiary/aromatic N) is 5. The first-order valence-electron chi connectivity index (χ1n) is 12.5. The van der Waals surface area contributed by atoms with Gasteiger partial charge >= 0.3 is 0 Å². The Balaban J connectivity index is 0.00000274. The third-order valence-electron chi connectivity index (χ3n) is 7.23. The van der Waals surface area contributed by atoms with Crippen LogP contribution in [-0.2, 0) is 6.54 Å². The van der Waals surface area contributed by atoms with E-state index < -0.39 is 0 Å². The molecular formula is C27H36ClN5O. The van der Waals surface area contributed by atoms with Crippen LogP contribution in [-0.4, -0.2) is 52.0 Å². The number of aromatic nitrogens is 3. The summed E-state index contributed by atoms with van der Waals surface area (Å²) in [6.07, 6.45) is 7.79. The highest BCUT2D eigenvalue weighted by molar-refractivity contribution is 5.85. The van der Waals surface area contributed by atoms with Gasteiger partial charge in [-0.3, -0.25) is 14.4 Å². The summed E-state index contributed by atoms with van der Waals surface area (Å²) >= 11 is 0. The van der Waals surface area contributed by atoms with Gasteiger partial charge in [0.1, 0.15) is 5.82 Å². The molecule has 2 aromatic heterocycles. The predicted molar refractivity (Wildman–Crippen MR) is 141 cm³/mol. The van der Waals surface area contributed by atoms with E-state index in [2.05, 4.69) is 56.7 Å². The molecule has 0 amide bonds. The minimum Gasteiger partial charge on any atom is -0.354 e. The maximum Gasteiger partial charge on any atom is 0.267 e. The second kappa shape index (κ2) is 11.2. The zero-order valence-corrected chi connectivity index (χ0v) is 20.9. The molecule has 1 aliphatic heterocycles. The molecular weight excluding hydrogens is 446 g/mol. The smallest absolute Gasteiger partial charge is 0.267 e. The average molecular weight is 482 g/mol. The van der Waals surface area contributed by atoms with Crippen molar-refractivity contribution in [3.8, 4) is 5.69 Å². The minimum absolute atomic E-state index is 0. The fraction of sp³-hybridized carbons (Fsp3) is 0.481. The number of benzene rings is 1. The van der Waals surface area contributed by atoms with Crippen molar-refractivity contribution in [3.63, 3.8) is 0 Å². The van der Waals surface area contributed by atoms with E-state index in [4.69, 9.17) is 0 Å². The number of piperazine rings is 1. The third kappa shape index (κ3) is 5.39. The molecule has 182 valence electrons. The van der Waals surface area contributed by atoms with Crippen LogP contribution >= 0.6 is 12.4 Å². The van der Waals surface area contributed by atoms with Gasteiger partial charge in [0.05, 0.1) is 5.69 Å². The number of para-hydroxylation sites is 1. The summed E-state index contributed by atoms with van der Waals surface area (Å²) < 4.78 is 4.18. The lowest BCUT2D eigenvalue weighted by molar-refractivity contribution is 0.247. The Morgan fingerprint density at radius 1 is 0.941 bits per heavy atom. The number of rotatable bonds is 7. The van der Waals surface area contributed by atoms with E-state index in [1.54, 1.807) is 0 Å². The molecule has 2 aliphatic rings. The monoisotopic (exact) mass is 481 g/mol. The van der Waals surface area contributed by atoms with Crippen molar-refractivity contribution in [2.45, 2.75) is 51.5 Å². The van der Waals surface area contributed by atoms with Crippen LogP contribution in [0.1, 0.15) is 49.3 Å². The molecule has 6 nitrogen and oxygen atoms in total. The lowest BCUT2D eigenvalue weighted by Gasteiger charge is -2.35. The van der Waals surface area contributed by atoms with Gasteiger partial charge in [-0.15, -0.1) is 12.4 Å². The molecule has 1 aromatic carbocycles. The van der Waals surface area contributed by atoms with Crippen molar-refractivity contribution < 1.29 is 0 Å². The molecule has 34 heavy (non-hydrogen) atoms. The topological polar surface area (TPSA) is 46.3 Å². The Morgan fingerprint density at radius 3 is 2.38 bits per heavy atom. The Hall–Kier alpha value is -2.57. The van der Waals surface area contributed by atoms with Crippen molar-refractivity contribution >= 4 is 18.2 Å². The zero-order chi connectivity index (χ0) is 22.6. The largest absolute Gasteiger partial charge is 0.354 e. The van der Waals surface area contributed by atoms with Crippen molar-refractivity contribution in [1.29, 1.82) is 0 Å². The molecule has 0 atom stereocenters. The summed E-state index contributed by atoms with van der Waals surface area (Å²) in [6.45, 7) is 7.97. The van der Waals surface area contributed by atoms with Gasteiger partial charge in [-0.2, -0.15) is 0 Å². The third-order valence-corrected chi connectivity index (χ3v) is 7.23. The highest BCUT2D eigenvalue weighted by atomic mass is 35.5. The number of anilines is 1. The summed E-state index contributed by atoms with van der Waals surface area (Å²) in [5.74, 6) is 1.59. The first kappa shape index (κ1) is 24.6. The predicted octanol–water partition coefficient (Wildman–Crippen LogP) is 4.63. The van der Waals surface area contributed by atoms with E-state index in [1.807, 2.05) is 29.1 Å². The fourth-order valence-corrected chi connectivity index (χ4v) is 5.42. The Kier molecular flexibility index (Phi) is 8.11. The molecule has 0 N–H and O–H groups in total. The Bertz CT molecular complexity index is 1110. The highest BCUT2D eigenvalue weighted by Gasteiger charge is 2.24. The van der Waals surface area contributed by atoms with Gasteiger partial charge in [0.2, 0.25) is 0 Å². The Labute approximate surface area is 208 Å². The number of hydrogen-bond acceptors (Lipinski definition) is 4. The molecule has 0 radical (unpaired) electrons. The van der Waals surface area contributed by atoms with Crippen molar-refractivity contribution in [3.05, 3.63) is 76.3 Å². The van der Waals surface area contributed by atoms with E-state index in [0.29, 0.717) is 5.92 Å². The zero-order valence-electron chi connectivity index (χ0n) is 20.1. The van der Waals surface area contributed by atoms with Crippen LogP contribution in [0.5, 0.6) is 0 Å². The summed E-state index contributed by atoms with van der Waals surface area (Å²) in [4.78, 5) is 22.5. The fourth-order valence-electron chi connectivity index (χ4n) is 5.42. The number of aryl methyl sites for hydroxylation is 1. The van der Waals surface area contributed by atoms with E-state index >= 15 is 0 Å². The molecule has 0 unspecified atom stereocenters. The normalized spacial score (nSPS) is 17.1. The summed E-state index contributed by atoms with van der Waals surface area (Å²) in [6, 6.07) is 16.5. The molecule has 2 fully saturated rings.